The van der Waals surface area contributed by atoms with E-state index in [0.717, 1.165) is 36.1 Å². The molecule has 0 aliphatic carbocycles. The van der Waals surface area contributed by atoms with Crippen molar-refractivity contribution < 1.29 is 37.0 Å². The van der Waals surface area contributed by atoms with Crippen LogP contribution in [-0.4, -0.2) is 44.4 Å². The molecule has 180 valence electrons. The Morgan fingerprint density at radius 3 is 2.27 bits per heavy atom. The van der Waals surface area contributed by atoms with Gasteiger partial charge in [0, 0.05) is 13.0 Å². The highest BCUT2D eigenvalue weighted by atomic mass is 19.4. The maximum Gasteiger partial charge on any atom is 0.491 e. The first-order valence-electron chi connectivity index (χ1n) is 10.7. The molecule has 2 rings (SSSR count). The minimum atomic E-state index is -5.17. The molecule has 0 unspecified atom stereocenters. The second kappa shape index (κ2) is 14.3. The van der Waals surface area contributed by atoms with Gasteiger partial charge in [0.1, 0.15) is 5.75 Å². The minimum Gasteiger partial charge on any atom is -0.494 e. The van der Waals surface area contributed by atoms with Gasteiger partial charge < -0.3 is 19.5 Å². The van der Waals surface area contributed by atoms with Crippen LogP contribution >= 0.6 is 0 Å². The Kier molecular flexibility index (Phi) is 11.4. The van der Waals surface area contributed by atoms with Gasteiger partial charge >= 0.3 is 18.1 Å². The van der Waals surface area contributed by atoms with Gasteiger partial charge in [0.15, 0.2) is 0 Å². The summed E-state index contributed by atoms with van der Waals surface area (Å²) in [6.45, 7) is 2.48. The topological polar surface area (TPSA) is 73.9 Å². The van der Waals surface area contributed by atoms with Crippen molar-refractivity contribution in [2.45, 2.75) is 38.5 Å². The summed E-state index contributed by atoms with van der Waals surface area (Å²) in [7, 11) is 0. The number of ether oxygens (including phenoxy) is 3. The largest absolute Gasteiger partial charge is 0.494 e. The average molecular weight is 467 g/mol. The number of hydrogen-bond acceptors (Lipinski definition) is 6. The third kappa shape index (κ3) is 11.5. The molecule has 0 spiro atoms. The number of alkyl halides is 3. The molecule has 0 amide bonds. The summed E-state index contributed by atoms with van der Waals surface area (Å²) in [5.41, 5.74) is 2.26. The normalized spacial score (nSPS) is 11.2. The fraction of sp³-hybridized carbons (Fsp3) is 0.417. The Hall–Kier alpha value is -2.91. The molecule has 0 fully saturated rings. The van der Waals surface area contributed by atoms with E-state index in [2.05, 4.69) is 10.1 Å². The van der Waals surface area contributed by atoms with Gasteiger partial charge in [-0.15, -0.1) is 0 Å². The lowest BCUT2D eigenvalue weighted by Crippen LogP contribution is -2.29. The summed E-state index contributed by atoms with van der Waals surface area (Å²) in [6, 6.07) is 17.7. The van der Waals surface area contributed by atoms with Crippen molar-refractivity contribution in [2.24, 2.45) is 0 Å². The van der Waals surface area contributed by atoms with Crippen molar-refractivity contribution in [3.63, 3.8) is 0 Å². The van der Waals surface area contributed by atoms with Crippen LogP contribution in [0.1, 0.15) is 30.4 Å². The van der Waals surface area contributed by atoms with Crippen LogP contribution in [0.5, 0.6) is 5.75 Å². The number of benzene rings is 2. The van der Waals surface area contributed by atoms with E-state index in [4.69, 9.17) is 9.47 Å². The van der Waals surface area contributed by atoms with Gasteiger partial charge in [-0.1, -0.05) is 42.5 Å². The van der Waals surface area contributed by atoms with E-state index in [0.29, 0.717) is 26.4 Å². The van der Waals surface area contributed by atoms with Gasteiger partial charge in [0.25, 0.3) is 0 Å². The van der Waals surface area contributed by atoms with Crippen LogP contribution in [0, 0.1) is 0 Å². The monoisotopic (exact) mass is 467 g/mol. The maximum atomic E-state index is 12.0. The van der Waals surface area contributed by atoms with Crippen LogP contribution < -0.4 is 10.1 Å². The Morgan fingerprint density at radius 1 is 0.848 bits per heavy atom. The molecule has 2 aromatic rings. The second-order valence-corrected chi connectivity index (χ2v) is 7.25. The van der Waals surface area contributed by atoms with Crippen molar-refractivity contribution in [2.75, 3.05) is 26.3 Å². The van der Waals surface area contributed by atoms with E-state index in [1.165, 1.54) is 0 Å². The highest BCUT2D eigenvalue weighted by Gasteiger charge is 2.42. The predicted molar refractivity (Wildman–Crippen MR) is 116 cm³/mol. The zero-order valence-electron chi connectivity index (χ0n) is 18.2. The number of esters is 2. The van der Waals surface area contributed by atoms with E-state index in [9.17, 15) is 22.8 Å². The lowest BCUT2D eigenvalue weighted by molar-refractivity contribution is -0.201. The SMILES string of the molecule is O=C(CCNCCCc1ccc(OCCCOCc2ccccc2)cc1)OC(=O)C(F)(F)F. The van der Waals surface area contributed by atoms with Gasteiger partial charge in [-0.3, -0.25) is 4.79 Å². The first-order chi connectivity index (χ1) is 15.8. The molecular weight excluding hydrogens is 439 g/mol. The number of aryl methyl sites for hydroxylation is 1. The molecule has 0 aliphatic rings. The van der Waals surface area contributed by atoms with E-state index in [1.54, 1.807) is 0 Å². The smallest absolute Gasteiger partial charge is 0.491 e. The first-order valence-corrected chi connectivity index (χ1v) is 10.7. The molecule has 0 bridgehead atoms. The van der Waals surface area contributed by atoms with Gasteiger partial charge in [-0.25, -0.2) is 4.79 Å². The highest BCUT2D eigenvalue weighted by molar-refractivity contribution is 5.88. The lowest BCUT2D eigenvalue weighted by Gasteiger charge is -2.09. The van der Waals surface area contributed by atoms with E-state index < -0.39 is 18.1 Å². The minimum absolute atomic E-state index is 0.131. The Labute approximate surface area is 191 Å². The van der Waals surface area contributed by atoms with Gasteiger partial charge in [0.2, 0.25) is 0 Å². The second-order valence-electron chi connectivity index (χ2n) is 7.25. The lowest BCUT2D eigenvalue weighted by atomic mass is 10.1. The van der Waals surface area contributed by atoms with Crippen molar-refractivity contribution in [3.05, 3.63) is 65.7 Å². The third-order valence-corrected chi connectivity index (χ3v) is 4.50. The zero-order chi connectivity index (χ0) is 23.9. The van der Waals surface area contributed by atoms with E-state index >= 15 is 0 Å². The summed E-state index contributed by atoms with van der Waals surface area (Å²) >= 11 is 0. The van der Waals surface area contributed by atoms with Crippen LogP contribution in [0.2, 0.25) is 0 Å². The molecule has 9 heteroatoms. The average Bonchev–Trinajstić information content (AvgIpc) is 2.79. The van der Waals surface area contributed by atoms with Crippen LogP contribution in [0.25, 0.3) is 0 Å². The van der Waals surface area contributed by atoms with Crippen LogP contribution in [-0.2, 0) is 32.1 Å². The van der Waals surface area contributed by atoms with E-state index in [1.807, 2.05) is 54.6 Å². The number of nitrogens with one attached hydrogen (secondary N) is 1. The Morgan fingerprint density at radius 2 is 1.58 bits per heavy atom. The number of halogens is 3. The molecule has 1 N–H and O–H groups in total. The van der Waals surface area contributed by atoms with Crippen LogP contribution in [0.4, 0.5) is 13.2 Å². The quantitative estimate of drug-likeness (QED) is 0.255. The van der Waals surface area contributed by atoms with Crippen LogP contribution in [0.3, 0.4) is 0 Å². The molecule has 6 nitrogen and oxygen atoms in total. The summed E-state index contributed by atoms with van der Waals surface area (Å²) in [4.78, 5) is 21.7. The molecule has 2 aromatic carbocycles. The van der Waals surface area contributed by atoms with Crippen molar-refractivity contribution in [1.82, 2.24) is 5.32 Å². The molecule has 0 aromatic heterocycles. The number of carbonyl (C=O) groups is 2. The zero-order valence-corrected chi connectivity index (χ0v) is 18.2. The van der Waals surface area contributed by atoms with Gasteiger partial charge in [0.05, 0.1) is 26.2 Å². The number of carbonyl (C=O) groups excluding carboxylic acids is 2. The van der Waals surface area contributed by atoms with Crippen LogP contribution in [0.15, 0.2) is 54.6 Å². The number of rotatable bonds is 14. The van der Waals surface area contributed by atoms with Crippen molar-refractivity contribution >= 4 is 11.9 Å². The molecule has 0 radical (unpaired) electrons. The predicted octanol–water partition coefficient (Wildman–Crippen LogP) is 4.22. The summed E-state index contributed by atoms with van der Waals surface area (Å²) in [6.07, 6.45) is -3.13. The highest BCUT2D eigenvalue weighted by Crippen LogP contribution is 2.17. The molecule has 0 heterocycles. The molecule has 0 saturated carbocycles. The summed E-state index contributed by atoms with van der Waals surface area (Å²) < 4.78 is 51.0. The molecule has 0 saturated heterocycles. The van der Waals surface area contributed by atoms with E-state index in [-0.39, 0.29) is 13.0 Å². The van der Waals surface area contributed by atoms with Crippen molar-refractivity contribution in [1.29, 1.82) is 0 Å². The van der Waals surface area contributed by atoms with Gasteiger partial charge in [-0.2, -0.15) is 13.2 Å². The first kappa shape index (κ1) is 26.3. The fourth-order valence-electron chi connectivity index (χ4n) is 2.81. The molecule has 0 aliphatic heterocycles. The molecule has 33 heavy (non-hydrogen) atoms. The van der Waals surface area contributed by atoms with Crippen molar-refractivity contribution in [3.8, 4) is 5.75 Å². The summed E-state index contributed by atoms with van der Waals surface area (Å²) in [5.74, 6) is -2.91. The van der Waals surface area contributed by atoms with Gasteiger partial charge in [-0.05, 0) is 42.6 Å². The number of hydrogen-bond donors (Lipinski definition) is 1. The standard InChI is InChI=1S/C24H28F3NO5/c25-24(26,27)23(30)33-22(29)13-15-28-14-4-8-19-9-11-21(12-10-19)32-17-5-16-31-18-20-6-2-1-3-7-20/h1-3,6-7,9-12,28H,4-5,8,13-18H2. The summed E-state index contributed by atoms with van der Waals surface area (Å²) in [5, 5.41) is 2.94. The Balaban J connectivity index is 1.48. The molecular formula is C24H28F3NO5. The maximum absolute atomic E-state index is 12.0. The third-order valence-electron chi connectivity index (χ3n) is 4.50. The molecule has 0 atom stereocenters. The fourth-order valence-corrected chi connectivity index (χ4v) is 2.81. The Bertz CT molecular complexity index is 841.